The molecule has 1 fully saturated rings. The maximum Gasteiger partial charge on any atom is 0.259 e. The van der Waals surface area contributed by atoms with Gasteiger partial charge >= 0.3 is 0 Å². The van der Waals surface area contributed by atoms with Crippen LogP contribution in [0.15, 0.2) is 48.8 Å². The molecule has 29 heavy (non-hydrogen) atoms. The summed E-state index contributed by atoms with van der Waals surface area (Å²) in [6, 6.07) is 12.3. The van der Waals surface area contributed by atoms with E-state index in [-0.39, 0.29) is 6.10 Å². The predicted octanol–water partition coefficient (Wildman–Crippen LogP) is 3.46. The number of primary amides is 1. The van der Waals surface area contributed by atoms with Crippen LogP contribution >= 0.6 is 11.3 Å². The molecule has 0 saturated carbocycles. The Morgan fingerprint density at radius 3 is 2.97 bits per heavy atom. The zero-order valence-corrected chi connectivity index (χ0v) is 17.0. The van der Waals surface area contributed by atoms with Crippen LogP contribution in [0.2, 0.25) is 0 Å². The number of aromatic nitrogens is 2. The monoisotopic (exact) mass is 406 g/mol. The van der Waals surface area contributed by atoms with Crippen LogP contribution in [0.25, 0.3) is 21.1 Å². The zero-order valence-electron chi connectivity index (χ0n) is 16.2. The molecular formula is C22H22N4O2S. The molecule has 2 N–H and O–H groups in total. The van der Waals surface area contributed by atoms with Crippen molar-refractivity contribution in [3.05, 3.63) is 64.8 Å². The maximum atomic E-state index is 12.1. The van der Waals surface area contributed by atoms with Crippen molar-refractivity contribution in [1.29, 1.82) is 0 Å². The van der Waals surface area contributed by atoms with E-state index >= 15 is 0 Å². The molecule has 0 radical (unpaired) electrons. The Balaban J connectivity index is 1.46. The first-order valence-corrected chi connectivity index (χ1v) is 10.5. The van der Waals surface area contributed by atoms with Crippen LogP contribution in [0.5, 0.6) is 0 Å². The van der Waals surface area contributed by atoms with Crippen LogP contribution in [0.1, 0.15) is 26.9 Å². The number of fused-ring (bicyclic) bond motifs is 2. The molecule has 3 aromatic heterocycles. The van der Waals surface area contributed by atoms with Crippen LogP contribution in [0.3, 0.4) is 0 Å². The van der Waals surface area contributed by atoms with Gasteiger partial charge in [-0.1, -0.05) is 24.3 Å². The number of ether oxygens (including phenoxy) is 1. The number of para-hydroxylation sites is 1. The third kappa shape index (κ3) is 3.21. The van der Waals surface area contributed by atoms with Gasteiger partial charge in [0.15, 0.2) is 0 Å². The molecule has 7 heteroatoms. The number of benzene rings is 1. The molecule has 1 aromatic carbocycles. The van der Waals surface area contributed by atoms with Gasteiger partial charge in [-0.05, 0) is 17.7 Å². The van der Waals surface area contributed by atoms with Gasteiger partial charge in [-0.2, -0.15) is 0 Å². The molecule has 1 amide bonds. The summed E-state index contributed by atoms with van der Waals surface area (Å²) >= 11 is 1.35. The number of hydrogen-bond acceptors (Lipinski definition) is 5. The highest BCUT2D eigenvalue weighted by molar-refractivity contribution is 7.20. The first-order chi connectivity index (χ1) is 14.1. The molecule has 1 aliphatic heterocycles. The minimum Gasteiger partial charge on any atom is -0.371 e. The Bertz CT molecular complexity index is 1210. The number of hydrogen-bond donors (Lipinski definition) is 1. The fourth-order valence-corrected chi connectivity index (χ4v) is 5.31. The summed E-state index contributed by atoms with van der Waals surface area (Å²) < 4.78 is 8.28. The lowest BCUT2D eigenvalue weighted by molar-refractivity contribution is -0.0321. The third-order valence-corrected chi connectivity index (χ3v) is 6.72. The average Bonchev–Trinajstić information content (AvgIpc) is 3.27. The molecule has 1 aliphatic rings. The Labute approximate surface area is 172 Å². The molecule has 1 atom stereocenters. The van der Waals surface area contributed by atoms with Crippen molar-refractivity contribution in [3.8, 4) is 0 Å². The molecule has 148 valence electrons. The molecule has 0 bridgehead atoms. The largest absolute Gasteiger partial charge is 0.371 e. The van der Waals surface area contributed by atoms with Crippen LogP contribution in [-0.4, -0.2) is 40.1 Å². The summed E-state index contributed by atoms with van der Waals surface area (Å²) in [7, 11) is 2.08. The zero-order chi connectivity index (χ0) is 20.0. The average molecular weight is 407 g/mol. The van der Waals surface area contributed by atoms with Crippen molar-refractivity contribution >= 4 is 38.4 Å². The Kier molecular flexibility index (Phi) is 4.58. The Hall–Kier alpha value is -2.74. The van der Waals surface area contributed by atoms with Gasteiger partial charge in [-0.25, -0.2) is 4.98 Å². The van der Waals surface area contributed by atoms with E-state index in [0.29, 0.717) is 18.0 Å². The van der Waals surface area contributed by atoms with Gasteiger partial charge in [0, 0.05) is 60.9 Å². The summed E-state index contributed by atoms with van der Waals surface area (Å²) in [6.07, 6.45) is 3.75. The number of morpholine rings is 1. The van der Waals surface area contributed by atoms with E-state index in [4.69, 9.17) is 10.5 Å². The first kappa shape index (κ1) is 18.3. The van der Waals surface area contributed by atoms with E-state index in [1.54, 1.807) is 6.20 Å². The molecule has 4 heterocycles. The SMILES string of the molecule is Cn1cc(CN2CCOC(c3c(C(N)=O)sc4ncccc34)C2)c2ccccc21. The van der Waals surface area contributed by atoms with Gasteiger partial charge in [-0.15, -0.1) is 11.3 Å². The van der Waals surface area contributed by atoms with Gasteiger partial charge in [-0.3, -0.25) is 9.69 Å². The lowest BCUT2D eigenvalue weighted by Crippen LogP contribution is -2.38. The highest BCUT2D eigenvalue weighted by Gasteiger charge is 2.29. The van der Waals surface area contributed by atoms with E-state index < -0.39 is 5.91 Å². The summed E-state index contributed by atoms with van der Waals surface area (Å²) in [5.41, 5.74) is 9.10. The normalized spacial score (nSPS) is 17.9. The molecule has 5 rings (SSSR count). The number of rotatable bonds is 4. The lowest BCUT2D eigenvalue weighted by Gasteiger charge is -2.33. The highest BCUT2D eigenvalue weighted by Crippen LogP contribution is 2.37. The minimum atomic E-state index is -0.419. The van der Waals surface area contributed by atoms with Crippen molar-refractivity contribution in [3.63, 3.8) is 0 Å². The first-order valence-electron chi connectivity index (χ1n) is 9.66. The van der Waals surface area contributed by atoms with Gasteiger partial charge in [0.25, 0.3) is 5.91 Å². The molecule has 4 aromatic rings. The highest BCUT2D eigenvalue weighted by atomic mass is 32.1. The van der Waals surface area contributed by atoms with Gasteiger partial charge in [0.2, 0.25) is 0 Å². The van der Waals surface area contributed by atoms with Crippen molar-refractivity contribution < 1.29 is 9.53 Å². The second-order valence-electron chi connectivity index (χ2n) is 7.44. The fraction of sp³-hybridized carbons (Fsp3) is 0.273. The summed E-state index contributed by atoms with van der Waals surface area (Å²) in [6.45, 7) is 3.02. The minimum absolute atomic E-state index is 0.195. The molecule has 1 unspecified atom stereocenters. The van der Waals surface area contributed by atoms with Crippen LogP contribution in [-0.2, 0) is 18.3 Å². The maximum absolute atomic E-state index is 12.1. The number of carbonyl (C=O) groups is 1. The van der Waals surface area contributed by atoms with Crippen LogP contribution in [0.4, 0.5) is 0 Å². The van der Waals surface area contributed by atoms with Gasteiger partial charge < -0.3 is 15.0 Å². The summed E-state index contributed by atoms with van der Waals surface area (Å²) in [5, 5.41) is 2.24. The number of aryl methyl sites for hydroxylation is 1. The molecule has 0 spiro atoms. The van der Waals surface area contributed by atoms with E-state index in [0.717, 1.165) is 28.9 Å². The van der Waals surface area contributed by atoms with Crippen LogP contribution in [0, 0.1) is 0 Å². The fourth-order valence-electron chi connectivity index (χ4n) is 4.27. The predicted molar refractivity (Wildman–Crippen MR) is 115 cm³/mol. The topological polar surface area (TPSA) is 73.4 Å². The lowest BCUT2D eigenvalue weighted by atomic mass is 10.0. The summed E-state index contributed by atoms with van der Waals surface area (Å²) in [4.78, 5) is 20.3. The van der Waals surface area contributed by atoms with E-state index in [2.05, 4.69) is 52.0 Å². The summed E-state index contributed by atoms with van der Waals surface area (Å²) in [5.74, 6) is -0.419. The van der Waals surface area contributed by atoms with Crippen molar-refractivity contribution in [2.24, 2.45) is 12.8 Å². The molecule has 1 saturated heterocycles. The quantitative estimate of drug-likeness (QED) is 0.563. The van der Waals surface area contributed by atoms with Gasteiger partial charge in [0.05, 0.1) is 12.7 Å². The second-order valence-corrected chi connectivity index (χ2v) is 8.44. The molecule has 6 nitrogen and oxygen atoms in total. The second kappa shape index (κ2) is 7.26. The molecular weight excluding hydrogens is 384 g/mol. The number of carbonyl (C=O) groups excluding carboxylic acids is 1. The van der Waals surface area contributed by atoms with E-state index in [1.807, 2.05) is 12.1 Å². The third-order valence-electron chi connectivity index (χ3n) is 5.57. The van der Waals surface area contributed by atoms with Crippen molar-refractivity contribution in [2.75, 3.05) is 19.7 Å². The number of nitrogens with two attached hydrogens (primary N) is 1. The number of nitrogens with zero attached hydrogens (tertiary/aromatic N) is 3. The van der Waals surface area contributed by atoms with Crippen molar-refractivity contribution in [1.82, 2.24) is 14.5 Å². The van der Waals surface area contributed by atoms with Gasteiger partial charge in [0.1, 0.15) is 9.71 Å². The smallest absolute Gasteiger partial charge is 0.259 e. The van der Waals surface area contributed by atoms with E-state index in [9.17, 15) is 4.79 Å². The number of thiophene rings is 1. The van der Waals surface area contributed by atoms with Crippen LogP contribution < -0.4 is 5.73 Å². The standard InChI is InChI=1S/C22H22N4O2S/c1-25-11-14(15-5-2-3-7-17(15)25)12-26-9-10-28-18(13-26)19-16-6-4-8-24-22(16)29-20(19)21(23)27/h2-8,11,18H,9-10,12-13H2,1H3,(H2,23,27). The Morgan fingerprint density at radius 1 is 1.28 bits per heavy atom. The van der Waals surface area contributed by atoms with Crippen molar-refractivity contribution in [2.45, 2.75) is 12.6 Å². The Morgan fingerprint density at radius 2 is 2.10 bits per heavy atom. The molecule has 0 aliphatic carbocycles. The number of pyridine rings is 1. The number of amides is 1. The van der Waals surface area contributed by atoms with E-state index in [1.165, 1.54) is 27.8 Å².